The van der Waals surface area contributed by atoms with Gasteiger partial charge in [0.05, 0.1) is 12.0 Å². The topological polar surface area (TPSA) is 69.6 Å². The van der Waals surface area contributed by atoms with Gasteiger partial charge in [-0.25, -0.2) is 0 Å². The minimum absolute atomic E-state index is 0.00899. The summed E-state index contributed by atoms with van der Waals surface area (Å²) in [5, 5.41) is 12.0. The van der Waals surface area contributed by atoms with Crippen LogP contribution in [0.1, 0.15) is 33.6 Å². The van der Waals surface area contributed by atoms with E-state index >= 15 is 0 Å². The van der Waals surface area contributed by atoms with Crippen molar-refractivity contribution in [2.75, 3.05) is 26.2 Å². The lowest BCUT2D eigenvalue weighted by Crippen LogP contribution is -2.38. The zero-order chi connectivity index (χ0) is 13.8. The summed E-state index contributed by atoms with van der Waals surface area (Å²) in [6.45, 7) is 8.11. The van der Waals surface area contributed by atoms with Gasteiger partial charge in [-0.2, -0.15) is 0 Å². The molecule has 0 aromatic carbocycles. The molecule has 1 heterocycles. The fourth-order valence-corrected chi connectivity index (χ4v) is 2.13. The lowest BCUT2D eigenvalue weighted by atomic mass is 9.90. The van der Waals surface area contributed by atoms with Gasteiger partial charge in [0.15, 0.2) is 0 Å². The number of likely N-dealkylation sites (tertiary alicyclic amines) is 1. The largest absolute Gasteiger partial charge is 0.481 e. The van der Waals surface area contributed by atoms with E-state index in [9.17, 15) is 9.59 Å². The second kappa shape index (κ2) is 6.18. The third kappa shape index (κ3) is 4.29. The van der Waals surface area contributed by atoms with Gasteiger partial charge in [-0.15, -0.1) is 0 Å². The van der Waals surface area contributed by atoms with Crippen LogP contribution in [0.2, 0.25) is 0 Å². The molecule has 0 aliphatic carbocycles. The first-order valence-electron chi connectivity index (χ1n) is 6.56. The fraction of sp³-hybridized carbons (Fsp3) is 0.846. The molecule has 0 bridgehead atoms. The van der Waals surface area contributed by atoms with Gasteiger partial charge in [-0.05, 0) is 32.2 Å². The van der Waals surface area contributed by atoms with Crippen LogP contribution in [-0.4, -0.2) is 48.1 Å². The first kappa shape index (κ1) is 15.0. The maximum atomic E-state index is 11.7. The Morgan fingerprint density at radius 2 is 2.11 bits per heavy atom. The molecule has 0 aromatic heterocycles. The number of aliphatic carboxylic acids is 1. The summed E-state index contributed by atoms with van der Waals surface area (Å²) < 4.78 is 0. The highest BCUT2D eigenvalue weighted by molar-refractivity contribution is 5.79. The average Bonchev–Trinajstić information content (AvgIpc) is 2.61. The van der Waals surface area contributed by atoms with Gasteiger partial charge in [-0.3, -0.25) is 14.5 Å². The van der Waals surface area contributed by atoms with Gasteiger partial charge >= 0.3 is 5.97 Å². The van der Waals surface area contributed by atoms with E-state index in [-0.39, 0.29) is 5.91 Å². The second-order valence-electron chi connectivity index (χ2n) is 5.86. The fourth-order valence-electron chi connectivity index (χ4n) is 2.13. The normalized spacial score (nSPS) is 24.4. The Morgan fingerprint density at radius 1 is 1.44 bits per heavy atom. The SMILES string of the molecule is CC(C)CCNC(=O)CN1CCC(C)(C(=O)O)C1. The number of carboxylic acid groups (broad SMARTS) is 1. The number of nitrogens with zero attached hydrogens (tertiary/aromatic N) is 1. The summed E-state index contributed by atoms with van der Waals surface area (Å²) in [7, 11) is 0. The average molecular weight is 256 g/mol. The van der Waals surface area contributed by atoms with Gasteiger partial charge in [0.1, 0.15) is 0 Å². The Labute approximate surface area is 109 Å². The molecule has 5 heteroatoms. The second-order valence-corrected chi connectivity index (χ2v) is 5.86. The maximum Gasteiger partial charge on any atom is 0.310 e. The van der Waals surface area contributed by atoms with Crippen LogP contribution in [0.25, 0.3) is 0 Å². The van der Waals surface area contributed by atoms with Gasteiger partial charge in [0, 0.05) is 13.1 Å². The summed E-state index contributed by atoms with van der Waals surface area (Å²) in [6.07, 6.45) is 1.58. The lowest BCUT2D eigenvalue weighted by molar-refractivity contribution is -0.147. The Bertz CT molecular complexity index is 317. The van der Waals surface area contributed by atoms with Crippen LogP contribution in [0.15, 0.2) is 0 Å². The molecule has 104 valence electrons. The minimum atomic E-state index is -0.773. The zero-order valence-corrected chi connectivity index (χ0v) is 11.5. The van der Waals surface area contributed by atoms with Gasteiger partial charge in [-0.1, -0.05) is 13.8 Å². The Hall–Kier alpha value is -1.10. The van der Waals surface area contributed by atoms with Gasteiger partial charge in [0.25, 0.3) is 0 Å². The summed E-state index contributed by atoms with van der Waals surface area (Å²) in [5.74, 6) is -0.206. The third-order valence-corrected chi connectivity index (χ3v) is 3.48. The smallest absolute Gasteiger partial charge is 0.310 e. The van der Waals surface area contributed by atoms with E-state index in [0.717, 1.165) is 6.42 Å². The Kier molecular flexibility index (Phi) is 5.14. The summed E-state index contributed by atoms with van der Waals surface area (Å²) in [4.78, 5) is 24.7. The molecule has 0 spiro atoms. The third-order valence-electron chi connectivity index (χ3n) is 3.48. The van der Waals surface area contributed by atoms with E-state index in [1.807, 2.05) is 4.90 Å². The number of amides is 1. The van der Waals surface area contributed by atoms with Crippen molar-refractivity contribution in [1.29, 1.82) is 0 Å². The molecule has 18 heavy (non-hydrogen) atoms. The first-order chi connectivity index (χ1) is 8.33. The number of carboxylic acids is 1. The van der Waals surface area contributed by atoms with Gasteiger partial charge < -0.3 is 10.4 Å². The molecular weight excluding hydrogens is 232 g/mol. The molecule has 1 aliphatic heterocycles. The summed E-state index contributed by atoms with van der Waals surface area (Å²) >= 11 is 0. The van der Waals surface area contributed by atoms with Gasteiger partial charge in [0.2, 0.25) is 5.91 Å². The molecule has 1 aliphatic rings. The van der Waals surface area contributed by atoms with Crippen LogP contribution in [0.3, 0.4) is 0 Å². The Balaban J connectivity index is 2.28. The monoisotopic (exact) mass is 256 g/mol. The van der Waals surface area contributed by atoms with Crippen LogP contribution in [0.5, 0.6) is 0 Å². The molecule has 2 N–H and O–H groups in total. The molecule has 1 amide bonds. The predicted molar refractivity (Wildman–Crippen MR) is 69.3 cm³/mol. The molecular formula is C13H24N2O3. The van der Waals surface area contributed by atoms with E-state index < -0.39 is 11.4 Å². The number of rotatable bonds is 6. The number of carbonyl (C=O) groups is 2. The number of carbonyl (C=O) groups excluding carboxylic acids is 1. The van der Waals surface area contributed by atoms with Crippen LogP contribution in [-0.2, 0) is 9.59 Å². The van der Waals surface area contributed by atoms with Crippen molar-refractivity contribution in [3.8, 4) is 0 Å². The number of nitrogens with one attached hydrogen (secondary N) is 1. The van der Waals surface area contributed by atoms with Crippen molar-refractivity contribution in [2.45, 2.75) is 33.6 Å². The standard InChI is InChI=1S/C13H24N2O3/c1-10(2)4-6-14-11(16)8-15-7-5-13(3,9-15)12(17)18/h10H,4-9H2,1-3H3,(H,14,16)(H,17,18). The molecule has 0 radical (unpaired) electrons. The molecule has 1 atom stereocenters. The number of hydrogen-bond donors (Lipinski definition) is 2. The van der Waals surface area contributed by atoms with E-state index in [2.05, 4.69) is 19.2 Å². The minimum Gasteiger partial charge on any atom is -0.481 e. The molecule has 1 fully saturated rings. The van der Waals surface area contributed by atoms with E-state index in [1.165, 1.54) is 0 Å². The summed E-state index contributed by atoms with van der Waals surface area (Å²) in [6, 6.07) is 0. The highest BCUT2D eigenvalue weighted by atomic mass is 16.4. The number of hydrogen-bond acceptors (Lipinski definition) is 3. The van der Waals surface area contributed by atoms with Crippen LogP contribution < -0.4 is 5.32 Å². The Morgan fingerprint density at radius 3 is 2.61 bits per heavy atom. The molecule has 0 aromatic rings. The van der Waals surface area contributed by atoms with Crippen molar-refractivity contribution in [3.63, 3.8) is 0 Å². The summed E-state index contributed by atoms with van der Waals surface area (Å²) in [5.41, 5.74) is -0.696. The van der Waals surface area contributed by atoms with E-state index in [4.69, 9.17) is 5.11 Å². The van der Waals surface area contributed by atoms with Crippen molar-refractivity contribution in [1.82, 2.24) is 10.2 Å². The van der Waals surface area contributed by atoms with Crippen molar-refractivity contribution >= 4 is 11.9 Å². The molecule has 1 saturated heterocycles. The zero-order valence-electron chi connectivity index (χ0n) is 11.5. The first-order valence-corrected chi connectivity index (χ1v) is 6.56. The van der Waals surface area contributed by atoms with E-state index in [0.29, 0.717) is 38.5 Å². The lowest BCUT2D eigenvalue weighted by Gasteiger charge is -2.19. The quantitative estimate of drug-likeness (QED) is 0.742. The highest BCUT2D eigenvalue weighted by Gasteiger charge is 2.40. The van der Waals surface area contributed by atoms with Crippen LogP contribution in [0, 0.1) is 11.3 Å². The molecule has 1 rings (SSSR count). The maximum absolute atomic E-state index is 11.7. The molecule has 0 saturated carbocycles. The van der Waals surface area contributed by atoms with E-state index in [1.54, 1.807) is 6.92 Å². The highest BCUT2D eigenvalue weighted by Crippen LogP contribution is 2.29. The van der Waals surface area contributed by atoms with Crippen molar-refractivity contribution in [3.05, 3.63) is 0 Å². The molecule has 1 unspecified atom stereocenters. The van der Waals surface area contributed by atoms with Crippen molar-refractivity contribution in [2.24, 2.45) is 11.3 Å². The van der Waals surface area contributed by atoms with Crippen LogP contribution >= 0.6 is 0 Å². The predicted octanol–water partition coefficient (Wildman–Crippen LogP) is 0.945. The molecule has 5 nitrogen and oxygen atoms in total. The van der Waals surface area contributed by atoms with Crippen molar-refractivity contribution < 1.29 is 14.7 Å². The van der Waals surface area contributed by atoms with Crippen LogP contribution in [0.4, 0.5) is 0 Å².